The normalized spacial score (nSPS) is 17.9. The van der Waals surface area contributed by atoms with Crippen molar-refractivity contribution < 1.29 is 13.2 Å². The summed E-state index contributed by atoms with van der Waals surface area (Å²) in [4.78, 5) is 16.1. The minimum atomic E-state index is -3.54. The van der Waals surface area contributed by atoms with Gasteiger partial charge in [0.25, 0.3) is 5.91 Å². The summed E-state index contributed by atoms with van der Waals surface area (Å²) in [6, 6.07) is 22.8. The van der Waals surface area contributed by atoms with Crippen LogP contribution in [0.1, 0.15) is 24.0 Å². The van der Waals surface area contributed by atoms with Gasteiger partial charge in [-0.2, -0.15) is 0 Å². The number of nitrogens with one attached hydrogen (secondary N) is 2. The quantitative estimate of drug-likeness (QED) is 0.394. The summed E-state index contributed by atoms with van der Waals surface area (Å²) in [5, 5.41) is 4.14. The molecule has 198 valence electrons. The predicted octanol–water partition coefficient (Wildman–Crippen LogP) is 5.13. The molecule has 5 rings (SSSR count). The molecule has 2 N–H and O–H groups in total. The van der Waals surface area contributed by atoms with Gasteiger partial charge in [0.2, 0.25) is 10.0 Å². The standard InChI is InChI=1S/C29H29Cl2N3O3S/c1-38(36,37)33-26-17-32-16-24(27(26)21-10-5-9-20(15-21)19-7-3-2-4-8-19)29(35)34(23-13-14-23)18-22-11-6-12-25(30)28(22)31/h2-12,15,23,26,32-33H,13-14,16-18H2,1H3. The Bertz CT molecular complexity index is 1490. The van der Waals surface area contributed by atoms with E-state index < -0.39 is 16.1 Å². The summed E-state index contributed by atoms with van der Waals surface area (Å²) in [7, 11) is -3.54. The number of carbonyl (C=O) groups excluding carboxylic acids is 1. The van der Waals surface area contributed by atoms with Gasteiger partial charge in [-0.05, 0) is 52.8 Å². The van der Waals surface area contributed by atoms with Crippen LogP contribution in [0.25, 0.3) is 16.7 Å². The Morgan fingerprint density at radius 2 is 1.66 bits per heavy atom. The fraction of sp³-hybridized carbons (Fsp3) is 0.276. The number of rotatable bonds is 8. The highest BCUT2D eigenvalue weighted by Gasteiger charge is 2.38. The lowest BCUT2D eigenvalue weighted by Crippen LogP contribution is -2.49. The highest BCUT2D eigenvalue weighted by Crippen LogP contribution is 2.36. The summed E-state index contributed by atoms with van der Waals surface area (Å²) in [5.41, 5.74) is 4.87. The third-order valence-corrected chi connectivity index (χ3v) is 8.41. The lowest BCUT2D eigenvalue weighted by molar-refractivity contribution is -0.128. The molecule has 1 aliphatic carbocycles. The zero-order valence-electron chi connectivity index (χ0n) is 21.0. The van der Waals surface area contributed by atoms with Crippen LogP contribution in [0, 0.1) is 0 Å². The molecule has 1 fully saturated rings. The number of amides is 1. The van der Waals surface area contributed by atoms with Gasteiger partial charge >= 0.3 is 0 Å². The zero-order valence-corrected chi connectivity index (χ0v) is 23.3. The first-order valence-electron chi connectivity index (χ1n) is 12.5. The third kappa shape index (κ3) is 6.14. The van der Waals surface area contributed by atoms with Crippen LogP contribution in [0.5, 0.6) is 0 Å². The Balaban J connectivity index is 1.60. The van der Waals surface area contributed by atoms with Gasteiger partial charge in [-0.3, -0.25) is 4.79 Å². The molecule has 1 heterocycles. The molecule has 0 radical (unpaired) electrons. The van der Waals surface area contributed by atoms with Gasteiger partial charge in [-0.1, -0.05) is 83.9 Å². The SMILES string of the molecule is CS(=O)(=O)NC1CNCC(C(=O)N(Cc2cccc(Cl)c2Cl)C2CC2)=C1c1cccc(-c2ccccc2)c1. The first-order chi connectivity index (χ1) is 18.2. The molecule has 3 aromatic carbocycles. The van der Waals surface area contributed by atoms with Crippen LogP contribution in [0.3, 0.4) is 0 Å². The van der Waals surface area contributed by atoms with E-state index >= 15 is 0 Å². The molecular formula is C29H29Cl2N3O3S. The Morgan fingerprint density at radius 1 is 0.974 bits per heavy atom. The average Bonchev–Trinajstić information content (AvgIpc) is 3.74. The summed E-state index contributed by atoms with van der Waals surface area (Å²) < 4.78 is 27.4. The van der Waals surface area contributed by atoms with Crippen molar-refractivity contribution in [3.05, 3.63) is 99.5 Å². The van der Waals surface area contributed by atoms with Gasteiger partial charge in [-0.15, -0.1) is 0 Å². The summed E-state index contributed by atoms with van der Waals surface area (Å²) in [6.07, 6.45) is 2.96. The van der Waals surface area contributed by atoms with Crippen molar-refractivity contribution in [1.82, 2.24) is 14.9 Å². The maximum absolute atomic E-state index is 14.2. The Morgan fingerprint density at radius 3 is 2.37 bits per heavy atom. The fourth-order valence-corrected chi connectivity index (χ4v) is 6.05. The highest BCUT2D eigenvalue weighted by atomic mass is 35.5. The molecule has 1 unspecified atom stereocenters. The van der Waals surface area contributed by atoms with Crippen molar-refractivity contribution in [3.63, 3.8) is 0 Å². The molecule has 0 saturated heterocycles. The number of halogens is 2. The topological polar surface area (TPSA) is 78.5 Å². The van der Waals surface area contributed by atoms with Crippen LogP contribution in [0.2, 0.25) is 10.0 Å². The van der Waals surface area contributed by atoms with E-state index in [2.05, 4.69) is 10.0 Å². The van der Waals surface area contributed by atoms with Crippen molar-refractivity contribution in [1.29, 1.82) is 0 Å². The number of hydrogen-bond acceptors (Lipinski definition) is 4. The van der Waals surface area contributed by atoms with Gasteiger partial charge < -0.3 is 10.2 Å². The van der Waals surface area contributed by atoms with Gasteiger partial charge in [0, 0.05) is 31.2 Å². The number of hydrogen-bond donors (Lipinski definition) is 2. The lowest BCUT2D eigenvalue weighted by atomic mass is 9.88. The lowest BCUT2D eigenvalue weighted by Gasteiger charge is -2.33. The first kappa shape index (κ1) is 26.9. The number of benzene rings is 3. The molecule has 6 nitrogen and oxygen atoms in total. The van der Waals surface area contributed by atoms with Gasteiger partial charge in [0.05, 0.1) is 22.3 Å². The van der Waals surface area contributed by atoms with Crippen molar-refractivity contribution in [2.45, 2.75) is 31.5 Å². The minimum Gasteiger partial charge on any atom is -0.332 e. The maximum Gasteiger partial charge on any atom is 0.251 e. The summed E-state index contributed by atoms with van der Waals surface area (Å²) in [5.74, 6) is -0.129. The van der Waals surface area contributed by atoms with Gasteiger partial charge in [0.1, 0.15) is 0 Å². The van der Waals surface area contributed by atoms with E-state index in [0.717, 1.165) is 41.4 Å². The van der Waals surface area contributed by atoms with Crippen LogP contribution >= 0.6 is 23.2 Å². The summed E-state index contributed by atoms with van der Waals surface area (Å²) in [6.45, 7) is 1.03. The smallest absolute Gasteiger partial charge is 0.251 e. The van der Waals surface area contributed by atoms with Crippen LogP contribution in [0.15, 0.2) is 78.4 Å². The Kier molecular flexibility index (Phi) is 7.93. The molecule has 1 aliphatic heterocycles. The van der Waals surface area contributed by atoms with Crippen molar-refractivity contribution in [3.8, 4) is 11.1 Å². The van der Waals surface area contributed by atoms with E-state index in [1.165, 1.54) is 0 Å². The van der Waals surface area contributed by atoms with Gasteiger partial charge in [-0.25, -0.2) is 13.1 Å². The number of nitrogens with zero attached hydrogens (tertiary/aromatic N) is 1. The Labute approximate surface area is 233 Å². The minimum absolute atomic E-state index is 0.102. The van der Waals surface area contributed by atoms with Crippen molar-refractivity contribution in [2.24, 2.45) is 0 Å². The second kappa shape index (κ2) is 11.2. The van der Waals surface area contributed by atoms with Crippen molar-refractivity contribution >= 4 is 44.7 Å². The molecule has 38 heavy (non-hydrogen) atoms. The molecule has 1 saturated carbocycles. The van der Waals surface area contributed by atoms with E-state index in [9.17, 15) is 13.2 Å². The third-order valence-electron chi connectivity index (χ3n) is 6.84. The molecule has 0 spiro atoms. The van der Waals surface area contributed by atoms with Crippen LogP contribution in [-0.2, 0) is 21.4 Å². The monoisotopic (exact) mass is 569 g/mol. The zero-order chi connectivity index (χ0) is 26.9. The fourth-order valence-electron chi connectivity index (χ4n) is 4.95. The van der Waals surface area contributed by atoms with Crippen LogP contribution in [0.4, 0.5) is 0 Å². The van der Waals surface area contributed by atoms with Gasteiger partial charge in [0.15, 0.2) is 0 Å². The molecule has 9 heteroatoms. The van der Waals surface area contributed by atoms with Crippen LogP contribution < -0.4 is 10.0 Å². The Hall–Kier alpha value is -2.68. The van der Waals surface area contributed by atoms with E-state index in [-0.39, 0.29) is 11.9 Å². The molecule has 2 aliphatic rings. The predicted molar refractivity (Wildman–Crippen MR) is 153 cm³/mol. The highest BCUT2D eigenvalue weighted by molar-refractivity contribution is 7.88. The molecule has 3 aromatic rings. The van der Waals surface area contributed by atoms with Crippen LogP contribution in [-0.4, -0.2) is 50.7 Å². The molecule has 1 atom stereocenters. The van der Waals surface area contributed by atoms with E-state index in [0.29, 0.717) is 40.8 Å². The molecule has 0 bridgehead atoms. The second-order valence-corrected chi connectivity index (χ2v) is 12.4. The molecule has 1 amide bonds. The maximum atomic E-state index is 14.2. The first-order valence-corrected chi connectivity index (χ1v) is 15.2. The average molecular weight is 571 g/mol. The number of sulfonamides is 1. The van der Waals surface area contributed by atoms with E-state index in [4.69, 9.17) is 23.2 Å². The van der Waals surface area contributed by atoms with E-state index in [1.807, 2.05) is 71.6 Å². The second-order valence-electron chi connectivity index (χ2n) is 9.79. The largest absolute Gasteiger partial charge is 0.332 e. The van der Waals surface area contributed by atoms with Crippen molar-refractivity contribution in [2.75, 3.05) is 19.3 Å². The number of carbonyl (C=O) groups is 1. The molecular weight excluding hydrogens is 541 g/mol. The summed E-state index contributed by atoms with van der Waals surface area (Å²) >= 11 is 12.7. The van der Waals surface area contributed by atoms with E-state index in [1.54, 1.807) is 6.07 Å². The molecule has 0 aromatic heterocycles.